The number of hydrogen-bond acceptors (Lipinski definition) is 7. The number of rotatable bonds is 7. The van der Waals surface area contributed by atoms with Gasteiger partial charge in [0.1, 0.15) is 5.75 Å². The third kappa shape index (κ3) is 4.25. The zero-order chi connectivity index (χ0) is 20.1. The topological polar surface area (TPSA) is 91.5 Å². The van der Waals surface area contributed by atoms with Crippen LogP contribution in [0.25, 0.3) is 0 Å². The molecular weight excluding hydrogens is 356 g/mol. The summed E-state index contributed by atoms with van der Waals surface area (Å²) in [7, 11) is 3.20. The van der Waals surface area contributed by atoms with Crippen molar-refractivity contribution in [1.82, 2.24) is 9.97 Å². The number of methoxy groups -OCH3 is 2. The lowest BCUT2D eigenvalue weighted by Crippen LogP contribution is -2.04. The molecule has 0 bridgehead atoms. The van der Waals surface area contributed by atoms with Gasteiger partial charge in [0.25, 0.3) is 0 Å². The summed E-state index contributed by atoms with van der Waals surface area (Å²) in [6, 6.07) is 13.4. The van der Waals surface area contributed by atoms with Crippen molar-refractivity contribution in [2.24, 2.45) is 0 Å². The molecule has 3 rings (SSSR count). The highest BCUT2D eigenvalue weighted by atomic mass is 16.5. The number of anilines is 3. The fourth-order valence-corrected chi connectivity index (χ4v) is 2.74. The summed E-state index contributed by atoms with van der Waals surface area (Å²) in [5, 5.41) is 3.22. The van der Waals surface area contributed by atoms with E-state index in [1.165, 1.54) is 0 Å². The van der Waals surface area contributed by atoms with Gasteiger partial charge >= 0.3 is 0 Å². The Morgan fingerprint density at radius 2 is 1.61 bits per heavy atom. The molecule has 3 N–H and O–H groups in total. The highest BCUT2D eigenvalue weighted by Gasteiger charge is 2.18. The monoisotopic (exact) mass is 380 g/mol. The van der Waals surface area contributed by atoms with Gasteiger partial charge in [0.15, 0.2) is 23.1 Å². The number of ether oxygens (including phenoxy) is 3. The summed E-state index contributed by atoms with van der Waals surface area (Å²) in [4.78, 5) is 8.36. The van der Waals surface area contributed by atoms with Gasteiger partial charge in [-0.1, -0.05) is 32.0 Å². The van der Waals surface area contributed by atoms with E-state index in [0.717, 1.165) is 11.3 Å². The number of nitrogens with two attached hydrogens (primary N) is 1. The van der Waals surface area contributed by atoms with E-state index in [1.54, 1.807) is 26.5 Å². The van der Waals surface area contributed by atoms with Crippen molar-refractivity contribution in [2.45, 2.75) is 19.8 Å². The minimum absolute atomic E-state index is 0.155. The molecule has 0 amide bonds. The SMILES string of the molecule is COc1cc(Oc2cnc(N)nc2Nc2ccccc2)c(C(C)C)cc1OC. The maximum atomic E-state index is 6.19. The van der Waals surface area contributed by atoms with Crippen molar-refractivity contribution in [3.8, 4) is 23.0 Å². The highest BCUT2D eigenvalue weighted by Crippen LogP contribution is 2.41. The number of nitrogens with zero attached hydrogens (tertiary/aromatic N) is 2. The van der Waals surface area contributed by atoms with Crippen LogP contribution in [0.3, 0.4) is 0 Å². The van der Waals surface area contributed by atoms with Crippen molar-refractivity contribution < 1.29 is 14.2 Å². The van der Waals surface area contributed by atoms with Crippen LogP contribution in [0, 0.1) is 0 Å². The lowest BCUT2D eigenvalue weighted by molar-refractivity contribution is 0.350. The van der Waals surface area contributed by atoms with Crippen LogP contribution in [0.5, 0.6) is 23.0 Å². The van der Waals surface area contributed by atoms with E-state index < -0.39 is 0 Å². The van der Waals surface area contributed by atoms with Gasteiger partial charge in [0.05, 0.1) is 20.4 Å². The van der Waals surface area contributed by atoms with E-state index in [2.05, 4.69) is 29.1 Å². The van der Waals surface area contributed by atoms with Gasteiger partial charge in [-0.25, -0.2) is 4.98 Å². The van der Waals surface area contributed by atoms with Gasteiger partial charge in [-0.05, 0) is 24.1 Å². The zero-order valence-electron chi connectivity index (χ0n) is 16.4. The molecule has 0 aliphatic rings. The van der Waals surface area contributed by atoms with Gasteiger partial charge < -0.3 is 25.3 Å². The minimum Gasteiger partial charge on any atom is -0.493 e. The summed E-state index contributed by atoms with van der Waals surface area (Å²) in [5.74, 6) is 3.15. The van der Waals surface area contributed by atoms with Crippen molar-refractivity contribution in [2.75, 3.05) is 25.3 Å². The van der Waals surface area contributed by atoms with Crippen LogP contribution in [-0.4, -0.2) is 24.2 Å². The molecular formula is C21H24N4O3. The number of para-hydroxylation sites is 1. The lowest BCUT2D eigenvalue weighted by Gasteiger charge is -2.19. The number of aromatic nitrogens is 2. The van der Waals surface area contributed by atoms with E-state index in [-0.39, 0.29) is 11.9 Å². The fraction of sp³-hybridized carbons (Fsp3) is 0.238. The third-order valence-electron chi connectivity index (χ3n) is 4.17. The second kappa shape index (κ2) is 8.47. The van der Waals surface area contributed by atoms with Crippen LogP contribution in [0.15, 0.2) is 48.7 Å². The Balaban J connectivity index is 2.01. The smallest absolute Gasteiger partial charge is 0.222 e. The van der Waals surface area contributed by atoms with Crippen LogP contribution < -0.4 is 25.3 Å². The van der Waals surface area contributed by atoms with Crippen LogP contribution in [-0.2, 0) is 0 Å². The van der Waals surface area contributed by atoms with Crippen molar-refractivity contribution in [3.05, 3.63) is 54.2 Å². The van der Waals surface area contributed by atoms with Gasteiger partial charge in [-0.3, -0.25) is 0 Å². The second-order valence-corrected chi connectivity index (χ2v) is 6.43. The first kappa shape index (κ1) is 19.3. The standard InChI is InChI=1S/C21H24N4O3/c1-13(2)15-10-17(26-3)18(27-4)11-16(15)28-19-12-23-21(22)25-20(19)24-14-8-6-5-7-9-14/h5-13H,1-4H3,(H3,22,23,24,25). The average Bonchev–Trinajstić information content (AvgIpc) is 2.70. The van der Waals surface area contributed by atoms with Crippen molar-refractivity contribution in [3.63, 3.8) is 0 Å². The minimum atomic E-state index is 0.155. The first-order chi connectivity index (χ1) is 13.5. The zero-order valence-corrected chi connectivity index (χ0v) is 16.4. The Hall–Kier alpha value is -3.48. The molecule has 0 atom stereocenters. The van der Waals surface area contributed by atoms with Crippen LogP contribution in [0.2, 0.25) is 0 Å². The molecule has 146 valence electrons. The quantitative estimate of drug-likeness (QED) is 0.612. The van der Waals surface area contributed by atoms with Gasteiger partial charge in [-0.15, -0.1) is 0 Å². The van der Waals surface area contributed by atoms with Crippen LogP contribution in [0.1, 0.15) is 25.3 Å². The molecule has 7 nitrogen and oxygen atoms in total. The summed E-state index contributed by atoms with van der Waals surface area (Å²) in [5.41, 5.74) is 7.62. The number of hydrogen-bond donors (Lipinski definition) is 2. The maximum Gasteiger partial charge on any atom is 0.222 e. The summed E-state index contributed by atoms with van der Waals surface area (Å²) in [6.45, 7) is 4.16. The van der Waals surface area contributed by atoms with Crippen molar-refractivity contribution >= 4 is 17.5 Å². The van der Waals surface area contributed by atoms with E-state index in [4.69, 9.17) is 19.9 Å². The van der Waals surface area contributed by atoms with Gasteiger partial charge in [-0.2, -0.15) is 4.98 Å². The Bertz CT molecular complexity index is 946. The second-order valence-electron chi connectivity index (χ2n) is 6.43. The van der Waals surface area contributed by atoms with E-state index in [0.29, 0.717) is 28.8 Å². The number of nitrogen functional groups attached to an aromatic ring is 1. The molecule has 0 saturated heterocycles. The molecule has 0 aliphatic carbocycles. The molecule has 0 aliphatic heterocycles. The Labute approximate surface area is 164 Å². The molecule has 1 heterocycles. The van der Waals surface area contributed by atoms with Crippen molar-refractivity contribution in [1.29, 1.82) is 0 Å². The Kier molecular flexibility index (Phi) is 5.84. The molecule has 0 spiro atoms. The normalized spacial score (nSPS) is 10.6. The van der Waals surface area contributed by atoms with Crippen LogP contribution >= 0.6 is 0 Å². The van der Waals surface area contributed by atoms with E-state index in [9.17, 15) is 0 Å². The molecule has 3 aromatic rings. The molecule has 0 saturated carbocycles. The number of benzene rings is 2. The van der Waals surface area contributed by atoms with Gasteiger partial charge in [0, 0.05) is 17.3 Å². The predicted molar refractivity (Wildman–Crippen MR) is 110 cm³/mol. The summed E-state index contributed by atoms with van der Waals surface area (Å²) in [6.07, 6.45) is 1.55. The first-order valence-corrected chi connectivity index (χ1v) is 8.90. The molecule has 1 aromatic heterocycles. The van der Waals surface area contributed by atoms with Gasteiger partial charge in [0.2, 0.25) is 5.95 Å². The Morgan fingerprint density at radius 1 is 0.929 bits per heavy atom. The third-order valence-corrected chi connectivity index (χ3v) is 4.17. The maximum absolute atomic E-state index is 6.19. The fourth-order valence-electron chi connectivity index (χ4n) is 2.74. The molecule has 0 radical (unpaired) electrons. The average molecular weight is 380 g/mol. The number of nitrogens with one attached hydrogen (secondary N) is 1. The summed E-state index contributed by atoms with van der Waals surface area (Å²) < 4.78 is 17.0. The molecule has 0 unspecified atom stereocenters. The molecule has 7 heteroatoms. The van der Waals surface area contributed by atoms with E-state index >= 15 is 0 Å². The van der Waals surface area contributed by atoms with Crippen LogP contribution in [0.4, 0.5) is 17.5 Å². The first-order valence-electron chi connectivity index (χ1n) is 8.90. The highest BCUT2D eigenvalue weighted by molar-refractivity contribution is 5.64. The largest absolute Gasteiger partial charge is 0.493 e. The van der Waals surface area contributed by atoms with E-state index in [1.807, 2.05) is 36.4 Å². The molecule has 28 heavy (non-hydrogen) atoms. The molecule has 0 fully saturated rings. The predicted octanol–water partition coefficient (Wildman–Crippen LogP) is 4.74. The molecule has 2 aromatic carbocycles. The Morgan fingerprint density at radius 3 is 2.25 bits per heavy atom. The summed E-state index contributed by atoms with van der Waals surface area (Å²) >= 11 is 0. The lowest BCUT2D eigenvalue weighted by atomic mass is 10.0.